The van der Waals surface area contributed by atoms with E-state index in [1.807, 2.05) is 19.9 Å². The first-order valence-corrected chi connectivity index (χ1v) is 9.56. The number of amides is 1. The van der Waals surface area contributed by atoms with Crippen molar-refractivity contribution in [2.24, 2.45) is 0 Å². The Kier molecular flexibility index (Phi) is 7.37. The van der Waals surface area contributed by atoms with Crippen LogP contribution in [0.1, 0.15) is 59.8 Å². The number of nitrogens with one attached hydrogen (secondary N) is 1. The Morgan fingerprint density at radius 3 is 1.79 bits per heavy atom. The van der Waals surface area contributed by atoms with Crippen molar-refractivity contribution in [3.8, 4) is 23.0 Å². The molecule has 6 heteroatoms. The molecule has 1 unspecified atom stereocenters. The highest BCUT2D eigenvalue weighted by molar-refractivity contribution is 5.96. The van der Waals surface area contributed by atoms with Gasteiger partial charge in [0.2, 0.25) is 5.75 Å². The van der Waals surface area contributed by atoms with Gasteiger partial charge in [-0.05, 0) is 60.7 Å². The minimum Gasteiger partial charge on any atom is -0.496 e. The zero-order valence-electron chi connectivity index (χ0n) is 18.5. The number of hydrogen-bond donors (Lipinski definition) is 1. The Morgan fingerprint density at radius 2 is 1.34 bits per heavy atom. The molecule has 1 N–H and O–H groups in total. The molecule has 2 aromatic rings. The van der Waals surface area contributed by atoms with Crippen LogP contribution < -0.4 is 24.3 Å². The van der Waals surface area contributed by atoms with E-state index in [9.17, 15) is 4.79 Å². The molecule has 1 atom stereocenters. The van der Waals surface area contributed by atoms with E-state index in [1.54, 1.807) is 19.2 Å². The van der Waals surface area contributed by atoms with Crippen molar-refractivity contribution < 1.29 is 23.7 Å². The number of benzene rings is 2. The summed E-state index contributed by atoms with van der Waals surface area (Å²) >= 11 is 0. The van der Waals surface area contributed by atoms with Gasteiger partial charge in [-0.2, -0.15) is 0 Å². The SMILES string of the molecule is COc1cc(C)c(C(C)NC(=O)c2cc(OC)c(OC)c(OC)c2)cc1C(C)C. The molecule has 0 heterocycles. The van der Waals surface area contributed by atoms with Gasteiger partial charge >= 0.3 is 0 Å². The van der Waals surface area contributed by atoms with Gasteiger partial charge in [0.05, 0.1) is 34.5 Å². The molecule has 0 bridgehead atoms. The second-order valence-electron chi connectivity index (χ2n) is 7.21. The van der Waals surface area contributed by atoms with Gasteiger partial charge in [-0.3, -0.25) is 4.79 Å². The van der Waals surface area contributed by atoms with E-state index >= 15 is 0 Å². The van der Waals surface area contributed by atoms with Crippen molar-refractivity contribution >= 4 is 5.91 Å². The summed E-state index contributed by atoms with van der Waals surface area (Å²) in [5.41, 5.74) is 3.66. The zero-order chi connectivity index (χ0) is 21.7. The van der Waals surface area contributed by atoms with E-state index in [0.29, 0.717) is 28.7 Å². The van der Waals surface area contributed by atoms with Crippen LogP contribution in [0.5, 0.6) is 23.0 Å². The summed E-state index contributed by atoms with van der Waals surface area (Å²) in [6.07, 6.45) is 0. The fraction of sp³-hybridized carbons (Fsp3) is 0.435. The predicted molar refractivity (Wildman–Crippen MR) is 114 cm³/mol. The summed E-state index contributed by atoms with van der Waals surface area (Å²) in [7, 11) is 6.25. The third-order valence-corrected chi connectivity index (χ3v) is 4.98. The predicted octanol–water partition coefficient (Wildman–Crippen LogP) is 4.64. The van der Waals surface area contributed by atoms with E-state index < -0.39 is 0 Å². The van der Waals surface area contributed by atoms with Crippen molar-refractivity contribution in [1.29, 1.82) is 0 Å². The minimum absolute atomic E-state index is 0.190. The van der Waals surface area contributed by atoms with E-state index in [4.69, 9.17) is 18.9 Å². The molecule has 0 fully saturated rings. The number of ether oxygens (including phenoxy) is 4. The Bertz CT molecular complexity index is 851. The molecule has 1 amide bonds. The molecule has 0 saturated carbocycles. The number of methoxy groups -OCH3 is 4. The van der Waals surface area contributed by atoms with E-state index in [1.165, 1.54) is 21.3 Å². The van der Waals surface area contributed by atoms with Crippen molar-refractivity contribution in [2.75, 3.05) is 28.4 Å². The maximum absolute atomic E-state index is 12.9. The Hall–Kier alpha value is -2.89. The summed E-state index contributed by atoms with van der Waals surface area (Å²) in [5, 5.41) is 3.07. The lowest BCUT2D eigenvalue weighted by atomic mass is 9.93. The van der Waals surface area contributed by atoms with Crippen LogP contribution in [0.2, 0.25) is 0 Å². The number of carbonyl (C=O) groups is 1. The summed E-state index contributed by atoms with van der Waals surface area (Å²) < 4.78 is 21.5. The zero-order valence-corrected chi connectivity index (χ0v) is 18.5. The van der Waals surface area contributed by atoms with Crippen LogP contribution in [0.3, 0.4) is 0 Å². The third kappa shape index (κ3) is 4.75. The van der Waals surface area contributed by atoms with Crippen molar-refractivity contribution in [3.05, 3.63) is 46.5 Å². The fourth-order valence-corrected chi connectivity index (χ4v) is 3.38. The van der Waals surface area contributed by atoms with Crippen LogP contribution in [0.25, 0.3) is 0 Å². The summed E-state index contributed by atoms with van der Waals surface area (Å²) in [6, 6.07) is 7.23. The van der Waals surface area contributed by atoms with Crippen molar-refractivity contribution in [3.63, 3.8) is 0 Å². The van der Waals surface area contributed by atoms with E-state index in [2.05, 4.69) is 25.2 Å². The molecular formula is C23H31NO5. The van der Waals surface area contributed by atoms with Crippen LogP contribution in [0.4, 0.5) is 0 Å². The van der Waals surface area contributed by atoms with Gasteiger partial charge in [-0.25, -0.2) is 0 Å². The standard InChI is InChI=1S/C23H31NO5/c1-13(2)17-12-18(14(3)9-19(17)26-5)15(4)24-23(25)16-10-20(27-6)22(29-8)21(11-16)28-7/h9-13,15H,1-8H3,(H,24,25). The first kappa shape index (κ1) is 22.4. The quantitative estimate of drug-likeness (QED) is 0.698. The summed E-state index contributed by atoms with van der Waals surface area (Å²) in [5.74, 6) is 2.27. The van der Waals surface area contributed by atoms with E-state index in [0.717, 1.165) is 22.4 Å². The van der Waals surface area contributed by atoms with Gasteiger partial charge in [-0.15, -0.1) is 0 Å². The van der Waals surface area contributed by atoms with Crippen LogP contribution in [0, 0.1) is 6.92 Å². The molecule has 158 valence electrons. The molecule has 0 aromatic heterocycles. The van der Waals surface area contributed by atoms with Crippen molar-refractivity contribution in [2.45, 2.75) is 39.7 Å². The van der Waals surface area contributed by atoms with Gasteiger partial charge in [0.1, 0.15) is 5.75 Å². The van der Waals surface area contributed by atoms with Crippen LogP contribution >= 0.6 is 0 Å². The van der Waals surface area contributed by atoms with E-state index in [-0.39, 0.29) is 11.9 Å². The lowest BCUT2D eigenvalue weighted by Gasteiger charge is -2.21. The summed E-state index contributed by atoms with van der Waals surface area (Å²) in [4.78, 5) is 12.9. The molecule has 0 aliphatic carbocycles. The van der Waals surface area contributed by atoms with Gasteiger partial charge in [0, 0.05) is 5.56 Å². The van der Waals surface area contributed by atoms with Gasteiger partial charge in [-0.1, -0.05) is 13.8 Å². The van der Waals surface area contributed by atoms with Crippen LogP contribution in [-0.2, 0) is 0 Å². The normalized spacial score (nSPS) is 11.8. The first-order chi connectivity index (χ1) is 13.8. The largest absolute Gasteiger partial charge is 0.496 e. The highest BCUT2D eigenvalue weighted by atomic mass is 16.5. The number of hydrogen-bond acceptors (Lipinski definition) is 5. The van der Waals surface area contributed by atoms with Gasteiger partial charge < -0.3 is 24.3 Å². The topological polar surface area (TPSA) is 66.0 Å². The lowest BCUT2D eigenvalue weighted by Crippen LogP contribution is -2.27. The Morgan fingerprint density at radius 1 is 0.793 bits per heavy atom. The summed E-state index contributed by atoms with van der Waals surface area (Å²) in [6.45, 7) is 8.23. The molecule has 0 aliphatic rings. The number of carbonyl (C=O) groups excluding carboxylic acids is 1. The first-order valence-electron chi connectivity index (χ1n) is 9.56. The minimum atomic E-state index is -0.224. The van der Waals surface area contributed by atoms with Crippen molar-refractivity contribution in [1.82, 2.24) is 5.32 Å². The number of aryl methyl sites for hydroxylation is 1. The maximum Gasteiger partial charge on any atom is 0.252 e. The fourth-order valence-electron chi connectivity index (χ4n) is 3.38. The van der Waals surface area contributed by atoms with Gasteiger partial charge in [0.15, 0.2) is 11.5 Å². The lowest BCUT2D eigenvalue weighted by molar-refractivity contribution is 0.0939. The van der Waals surface area contributed by atoms with Gasteiger partial charge in [0.25, 0.3) is 5.91 Å². The maximum atomic E-state index is 12.9. The third-order valence-electron chi connectivity index (χ3n) is 4.98. The molecule has 0 aliphatic heterocycles. The second kappa shape index (κ2) is 9.54. The average Bonchev–Trinajstić information content (AvgIpc) is 2.71. The molecule has 0 radical (unpaired) electrons. The molecule has 0 spiro atoms. The molecule has 2 rings (SSSR count). The van der Waals surface area contributed by atoms with Crippen LogP contribution in [-0.4, -0.2) is 34.3 Å². The highest BCUT2D eigenvalue weighted by Gasteiger charge is 2.20. The van der Waals surface area contributed by atoms with Crippen LogP contribution in [0.15, 0.2) is 24.3 Å². The molecule has 2 aromatic carbocycles. The molecule has 6 nitrogen and oxygen atoms in total. The Labute approximate surface area is 173 Å². The molecule has 0 saturated heterocycles. The smallest absolute Gasteiger partial charge is 0.252 e. The Balaban J connectivity index is 2.35. The molecule has 29 heavy (non-hydrogen) atoms. The number of rotatable bonds is 8. The second-order valence-corrected chi connectivity index (χ2v) is 7.21. The average molecular weight is 402 g/mol. The highest BCUT2D eigenvalue weighted by Crippen LogP contribution is 2.38. The molecular weight excluding hydrogens is 370 g/mol. The monoisotopic (exact) mass is 401 g/mol.